The van der Waals surface area contributed by atoms with Crippen LogP contribution in [0.15, 0.2) is 24.3 Å². The Balaban J connectivity index is 1.73. The van der Waals surface area contributed by atoms with Crippen LogP contribution in [0.25, 0.3) is 0 Å². The van der Waals surface area contributed by atoms with Crippen molar-refractivity contribution in [2.45, 2.75) is 37.6 Å². The Hall–Kier alpha value is -1.62. The zero-order valence-corrected chi connectivity index (χ0v) is 11.4. The van der Waals surface area contributed by atoms with Crippen LogP contribution in [0.3, 0.4) is 0 Å². The minimum atomic E-state index is -0.438. The van der Waals surface area contributed by atoms with Gasteiger partial charge in [0.25, 0.3) is 0 Å². The van der Waals surface area contributed by atoms with Crippen LogP contribution in [0.2, 0.25) is 0 Å². The quantitative estimate of drug-likeness (QED) is 0.838. The van der Waals surface area contributed by atoms with Gasteiger partial charge in [-0.1, -0.05) is 12.8 Å². The van der Waals surface area contributed by atoms with Gasteiger partial charge in [-0.05, 0) is 37.1 Å². The van der Waals surface area contributed by atoms with Crippen LogP contribution in [0.4, 0.5) is 4.39 Å². The zero-order valence-electron chi connectivity index (χ0n) is 11.4. The van der Waals surface area contributed by atoms with E-state index in [1.54, 1.807) is 0 Å². The number of rotatable bonds is 6. The maximum absolute atomic E-state index is 12.7. The molecule has 1 aliphatic rings. The van der Waals surface area contributed by atoms with Gasteiger partial charge in [0, 0.05) is 0 Å². The summed E-state index contributed by atoms with van der Waals surface area (Å²) in [6.07, 6.45) is 3.95. The van der Waals surface area contributed by atoms with Crippen LogP contribution in [0, 0.1) is 5.82 Å². The van der Waals surface area contributed by atoms with Crippen molar-refractivity contribution in [2.24, 2.45) is 0 Å². The number of benzene rings is 1. The molecular formula is C15H20FNO3. The Morgan fingerprint density at radius 2 is 1.95 bits per heavy atom. The van der Waals surface area contributed by atoms with Gasteiger partial charge in [0.2, 0.25) is 5.91 Å². The Morgan fingerprint density at radius 3 is 2.55 bits per heavy atom. The minimum Gasteiger partial charge on any atom is -0.493 e. The third-order valence-corrected chi connectivity index (χ3v) is 3.68. The number of amides is 1. The molecule has 4 nitrogen and oxygen atoms in total. The normalized spacial score (nSPS) is 16.9. The first-order chi connectivity index (χ1) is 9.63. The standard InChI is InChI=1S/C15H20FNO3/c16-12-3-5-13(6-4-12)20-10-7-14(19)17-15(11-18)8-1-2-9-15/h3-6,18H,1-2,7-11H2,(H,17,19). The molecule has 0 bridgehead atoms. The maximum Gasteiger partial charge on any atom is 0.223 e. The van der Waals surface area contributed by atoms with Crippen molar-refractivity contribution in [3.8, 4) is 5.75 Å². The number of ether oxygens (including phenoxy) is 1. The second-order valence-electron chi connectivity index (χ2n) is 5.25. The topological polar surface area (TPSA) is 58.6 Å². The fourth-order valence-electron chi connectivity index (χ4n) is 2.53. The molecule has 0 spiro atoms. The lowest BCUT2D eigenvalue weighted by atomic mass is 9.99. The van der Waals surface area contributed by atoms with Gasteiger partial charge in [-0.2, -0.15) is 0 Å². The fraction of sp³-hybridized carbons (Fsp3) is 0.533. The molecule has 2 N–H and O–H groups in total. The van der Waals surface area contributed by atoms with Crippen LogP contribution in [0.5, 0.6) is 5.75 Å². The van der Waals surface area contributed by atoms with E-state index in [1.807, 2.05) is 0 Å². The Kier molecular flexibility index (Phi) is 4.95. The van der Waals surface area contributed by atoms with Gasteiger partial charge in [0.05, 0.1) is 25.2 Å². The SMILES string of the molecule is O=C(CCOc1ccc(F)cc1)NC1(CO)CCCC1. The zero-order chi connectivity index (χ0) is 14.4. The number of carbonyl (C=O) groups is 1. The summed E-state index contributed by atoms with van der Waals surface area (Å²) in [7, 11) is 0. The maximum atomic E-state index is 12.7. The molecule has 1 aromatic rings. The molecule has 0 aromatic heterocycles. The molecular weight excluding hydrogens is 261 g/mol. The second kappa shape index (κ2) is 6.70. The smallest absolute Gasteiger partial charge is 0.223 e. The van der Waals surface area contributed by atoms with Crippen molar-refractivity contribution in [2.75, 3.05) is 13.2 Å². The number of hydrogen-bond acceptors (Lipinski definition) is 3. The Bertz CT molecular complexity index is 441. The van der Waals surface area contributed by atoms with E-state index in [-0.39, 0.29) is 31.4 Å². The molecule has 110 valence electrons. The van der Waals surface area contributed by atoms with E-state index in [1.165, 1.54) is 24.3 Å². The molecule has 0 unspecified atom stereocenters. The molecule has 1 saturated carbocycles. The van der Waals surface area contributed by atoms with Gasteiger partial charge in [0.15, 0.2) is 0 Å². The number of aliphatic hydroxyl groups excluding tert-OH is 1. The summed E-state index contributed by atoms with van der Waals surface area (Å²) in [5, 5.41) is 12.3. The predicted octanol–water partition coefficient (Wildman–Crippen LogP) is 2.02. The van der Waals surface area contributed by atoms with Crippen LogP contribution in [0.1, 0.15) is 32.1 Å². The van der Waals surface area contributed by atoms with E-state index in [2.05, 4.69) is 5.32 Å². The van der Waals surface area contributed by atoms with Gasteiger partial charge in [-0.15, -0.1) is 0 Å². The summed E-state index contributed by atoms with van der Waals surface area (Å²) in [5.41, 5.74) is -0.438. The molecule has 1 aliphatic carbocycles. The third kappa shape index (κ3) is 3.93. The van der Waals surface area contributed by atoms with E-state index in [9.17, 15) is 14.3 Å². The molecule has 5 heteroatoms. The number of carbonyl (C=O) groups excluding carboxylic acids is 1. The minimum absolute atomic E-state index is 0.0163. The molecule has 0 atom stereocenters. The van der Waals surface area contributed by atoms with Gasteiger partial charge in [-0.3, -0.25) is 4.79 Å². The number of halogens is 1. The highest BCUT2D eigenvalue weighted by molar-refractivity contribution is 5.77. The molecule has 0 heterocycles. The lowest BCUT2D eigenvalue weighted by molar-refractivity contribution is -0.124. The molecule has 2 rings (SSSR count). The first-order valence-electron chi connectivity index (χ1n) is 6.94. The van der Waals surface area contributed by atoms with Crippen molar-refractivity contribution < 1.29 is 19.0 Å². The Labute approximate surface area is 117 Å². The van der Waals surface area contributed by atoms with Crippen LogP contribution in [-0.2, 0) is 4.79 Å². The highest BCUT2D eigenvalue weighted by Crippen LogP contribution is 2.29. The number of hydrogen-bond donors (Lipinski definition) is 2. The summed E-state index contributed by atoms with van der Waals surface area (Å²) in [6, 6.07) is 5.68. The fourth-order valence-corrected chi connectivity index (χ4v) is 2.53. The number of nitrogens with one attached hydrogen (secondary N) is 1. The molecule has 1 amide bonds. The molecule has 0 saturated heterocycles. The van der Waals surface area contributed by atoms with E-state index in [0.29, 0.717) is 5.75 Å². The first-order valence-corrected chi connectivity index (χ1v) is 6.94. The van der Waals surface area contributed by atoms with Gasteiger partial charge >= 0.3 is 0 Å². The third-order valence-electron chi connectivity index (χ3n) is 3.68. The van der Waals surface area contributed by atoms with Crippen molar-refractivity contribution in [1.29, 1.82) is 0 Å². The summed E-state index contributed by atoms with van der Waals surface area (Å²) in [4.78, 5) is 11.8. The second-order valence-corrected chi connectivity index (χ2v) is 5.25. The van der Waals surface area contributed by atoms with Gasteiger partial charge in [-0.25, -0.2) is 4.39 Å². The van der Waals surface area contributed by atoms with Crippen molar-refractivity contribution in [3.05, 3.63) is 30.1 Å². The monoisotopic (exact) mass is 281 g/mol. The molecule has 0 aliphatic heterocycles. The Morgan fingerprint density at radius 1 is 1.30 bits per heavy atom. The highest BCUT2D eigenvalue weighted by atomic mass is 19.1. The average molecular weight is 281 g/mol. The molecule has 1 fully saturated rings. The van der Waals surface area contributed by atoms with Crippen molar-refractivity contribution in [1.82, 2.24) is 5.32 Å². The molecule has 0 radical (unpaired) electrons. The van der Waals surface area contributed by atoms with E-state index >= 15 is 0 Å². The summed E-state index contributed by atoms with van der Waals surface area (Å²) in [6.45, 7) is 0.219. The van der Waals surface area contributed by atoms with Gasteiger partial charge in [0.1, 0.15) is 11.6 Å². The van der Waals surface area contributed by atoms with Crippen molar-refractivity contribution >= 4 is 5.91 Å². The molecule has 1 aromatic carbocycles. The van der Waals surface area contributed by atoms with Crippen LogP contribution in [-0.4, -0.2) is 29.8 Å². The summed E-state index contributed by atoms with van der Waals surface area (Å²) >= 11 is 0. The van der Waals surface area contributed by atoms with E-state index in [0.717, 1.165) is 25.7 Å². The predicted molar refractivity (Wildman–Crippen MR) is 72.9 cm³/mol. The average Bonchev–Trinajstić information content (AvgIpc) is 2.90. The first kappa shape index (κ1) is 14.8. The number of aliphatic hydroxyl groups is 1. The lowest BCUT2D eigenvalue weighted by Gasteiger charge is -2.27. The summed E-state index contributed by atoms with van der Waals surface area (Å²) < 4.78 is 18.1. The van der Waals surface area contributed by atoms with Crippen molar-refractivity contribution in [3.63, 3.8) is 0 Å². The lowest BCUT2D eigenvalue weighted by Crippen LogP contribution is -2.49. The van der Waals surface area contributed by atoms with E-state index in [4.69, 9.17) is 4.74 Å². The summed E-state index contributed by atoms with van der Waals surface area (Å²) in [5.74, 6) is 0.0983. The van der Waals surface area contributed by atoms with Gasteiger partial charge < -0.3 is 15.2 Å². The van der Waals surface area contributed by atoms with E-state index < -0.39 is 5.54 Å². The largest absolute Gasteiger partial charge is 0.493 e. The van der Waals surface area contributed by atoms with Crippen LogP contribution >= 0.6 is 0 Å². The highest BCUT2D eigenvalue weighted by Gasteiger charge is 2.34. The molecule has 20 heavy (non-hydrogen) atoms. The van der Waals surface area contributed by atoms with Crippen LogP contribution < -0.4 is 10.1 Å².